The number of aryl methyl sites for hydroxylation is 1. The number of methoxy groups -OCH3 is 1. The Morgan fingerprint density at radius 1 is 1.00 bits per heavy atom. The lowest BCUT2D eigenvalue weighted by molar-refractivity contribution is 0.0954. The number of phenols is 1. The number of nitrogens with zero attached hydrogens (tertiary/aromatic N) is 1. The van der Waals surface area contributed by atoms with Gasteiger partial charge >= 0.3 is 0 Å². The third-order valence-electron chi connectivity index (χ3n) is 4.40. The van der Waals surface area contributed by atoms with E-state index in [4.69, 9.17) is 4.74 Å². The van der Waals surface area contributed by atoms with Gasteiger partial charge in [-0.2, -0.15) is 5.10 Å². The average Bonchev–Trinajstić information content (AvgIpc) is 2.75. The van der Waals surface area contributed by atoms with Crippen molar-refractivity contribution in [2.24, 2.45) is 5.10 Å². The highest BCUT2D eigenvalue weighted by atomic mass is 16.5. The number of aromatic hydroxyl groups is 1. The molecule has 7 heteroatoms. The molecule has 0 atom stereocenters. The molecular weight excluding hydrogens is 382 g/mol. The molecule has 3 rings (SSSR count). The van der Waals surface area contributed by atoms with Gasteiger partial charge in [0.05, 0.1) is 13.3 Å². The standard InChI is InChI=1S/C23H21N3O4/c1-15-5-3-4-6-20(15)23(29)25-18-9-7-16(8-10-18)22(28)26-24-14-17-13-19(30-2)11-12-21(17)27/h3-14,27H,1-2H3,(H,25,29)(H,26,28)/b24-14+. The highest BCUT2D eigenvalue weighted by Crippen LogP contribution is 2.21. The van der Waals surface area contributed by atoms with Gasteiger partial charge in [0.15, 0.2) is 0 Å². The van der Waals surface area contributed by atoms with E-state index in [0.717, 1.165) is 5.56 Å². The topological polar surface area (TPSA) is 100 Å². The summed E-state index contributed by atoms with van der Waals surface area (Å²) in [5.74, 6) is -0.0649. The summed E-state index contributed by atoms with van der Waals surface area (Å²) in [4.78, 5) is 24.6. The Kier molecular flexibility index (Phi) is 6.44. The Morgan fingerprint density at radius 2 is 1.73 bits per heavy atom. The van der Waals surface area contributed by atoms with Gasteiger partial charge in [0.2, 0.25) is 0 Å². The first-order chi connectivity index (χ1) is 14.5. The van der Waals surface area contributed by atoms with Crippen LogP contribution in [0.15, 0.2) is 71.8 Å². The van der Waals surface area contributed by atoms with E-state index in [1.807, 2.05) is 19.1 Å². The maximum atomic E-state index is 12.4. The molecule has 0 saturated carbocycles. The largest absolute Gasteiger partial charge is 0.507 e. The molecule has 0 heterocycles. The fraction of sp³-hybridized carbons (Fsp3) is 0.0870. The molecule has 0 radical (unpaired) electrons. The van der Waals surface area contributed by atoms with Gasteiger partial charge in [-0.05, 0) is 61.0 Å². The van der Waals surface area contributed by atoms with Crippen LogP contribution >= 0.6 is 0 Å². The lowest BCUT2D eigenvalue weighted by atomic mass is 10.1. The van der Waals surface area contributed by atoms with Crippen LogP contribution in [0.3, 0.4) is 0 Å². The van der Waals surface area contributed by atoms with Gasteiger partial charge in [0.1, 0.15) is 11.5 Å². The van der Waals surface area contributed by atoms with Crippen molar-refractivity contribution in [3.05, 3.63) is 89.0 Å². The number of benzene rings is 3. The number of carbonyl (C=O) groups is 2. The van der Waals surface area contributed by atoms with Crippen LogP contribution in [0.5, 0.6) is 11.5 Å². The van der Waals surface area contributed by atoms with Gasteiger partial charge in [-0.25, -0.2) is 5.43 Å². The molecule has 0 spiro atoms. The van der Waals surface area contributed by atoms with Crippen molar-refractivity contribution in [1.82, 2.24) is 5.43 Å². The number of nitrogens with one attached hydrogen (secondary N) is 2. The second kappa shape index (κ2) is 9.38. The zero-order chi connectivity index (χ0) is 21.5. The van der Waals surface area contributed by atoms with Gasteiger partial charge in [-0.3, -0.25) is 9.59 Å². The minimum absolute atomic E-state index is 0.0162. The fourth-order valence-corrected chi connectivity index (χ4v) is 2.72. The number of phenolic OH excluding ortho intramolecular Hbond substituents is 1. The van der Waals surface area contributed by atoms with Crippen LogP contribution in [0.1, 0.15) is 31.8 Å². The Hall–Kier alpha value is -4.13. The Bertz CT molecular complexity index is 1090. The number of carbonyl (C=O) groups excluding carboxylic acids is 2. The van der Waals surface area contributed by atoms with E-state index >= 15 is 0 Å². The summed E-state index contributed by atoms with van der Waals surface area (Å²) in [5, 5.41) is 16.5. The van der Waals surface area contributed by atoms with Gasteiger partial charge in [0, 0.05) is 22.4 Å². The number of rotatable bonds is 6. The Labute approximate surface area is 174 Å². The zero-order valence-corrected chi connectivity index (χ0v) is 16.5. The smallest absolute Gasteiger partial charge is 0.271 e. The highest BCUT2D eigenvalue weighted by Gasteiger charge is 2.10. The maximum Gasteiger partial charge on any atom is 0.271 e. The zero-order valence-electron chi connectivity index (χ0n) is 16.5. The number of amides is 2. The monoisotopic (exact) mass is 403 g/mol. The second-order valence-corrected chi connectivity index (χ2v) is 6.47. The fourth-order valence-electron chi connectivity index (χ4n) is 2.72. The number of hydrazone groups is 1. The molecule has 0 aromatic heterocycles. The molecule has 2 amide bonds. The van der Waals surface area contributed by atoms with E-state index in [-0.39, 0.29) is 11.7 Å². The van der Waals surface area contributed by atoms with Crippen molar-refractivity contribution in [2.45, 2.75) is 6.92 Å². The molecule has 3 N–H and O–H groups in total. The Balaban J connectivity index is 1.61. The summed E-state index contributed by atoms with van der Waals surface area (Å²) in [5.41, 5.74) is 5.22. The number of hydrogen-bond acceptors (Lipinski definition) is 5. The number of ether oxygens (including phenoxy) is 1. The van der Waals surface area contributed by atoms with Crippen molar-refractivity contribution in [1.29, 1.82) is 0 Å². The molecule has 0 bridgehead atoms. The van der Waals surface area contributed by atoms with E-state index in [1.54, 1.807) is 48.5 Å². The van der Waals surface area contributed by atoms with E-state index < -0.39 is 5.91 Å². The predicted octanol–water partition coefficient (Wildman–Crippen LogP) is 3.73. The lowest BCUT2D eigenvalue weighted by Gasteiger charge is -2.08. The molecule has 0 fully saturated rings. The predicted molar refractivity (Wildman–Crippen MR) is 115 cm³/mol. The van der Waals surface area contributed by atoms with Crippen LogP contribution in [0, 0.1) is 6.92 Å². The van der Waals surface area contributed by atoms with Crippen LogP contribution in [-0.4, -0.2) is 30.2 Å². The van der Waals surface area contributed by atoms with Crippen LogP contribution in [0.2, 0.25) is 0 Å². The molecule has 7 nitrogen and oxygen atoms in total. The van der Waals surface area contributed by atoms with E-state index in [1.165, 1.54) is 19.4 Å². The first-order valence-electron chi connectivity index (χ1n) is 9.15. The van der Waals surface area contributed by atoms with Gasteiger partial charge in [-0.15, -0.1) is 0 Å². The van der Waals surface area contributed by atoms with Crippen molar-refractivity contribution in [2.75, 3.05) is 12.4 Å². The normalized spacial score (nSPS) is 10.6. The quantitative estimate of drug-likeness (QED) is 0.431. The van der Waals surface area contributed by atoms with Crippen LogP contribution in [0.4, 0.5) is 5.69 Å². The summed E-state index contributed by atoms with van der Waals surface area (Å²) in [6.07, 6.45) is 1.33. The van der Waals surface area contributed by atoms with E-state index in [0.29, 0.717) is 28.1 Å². The number of anilines is 1. The van der Waals surface area contributed by atoms with Crippen LogP contribution in [-0.2, 0) is 0 Å². The molecule has 152 valence electrons. The molecule has 30 heavy (non-hydrogen) atoms. The summed E-state index contributed by atoms with van der Waals surface area (Å²) in [6, 6.07) is 18.4. The summed E-state index contributed by atoms with van der Waals surface area (Å²) in [7, 11) is 1.52. The lowest BCUT2D eigenvalue weighted by Crippen LogP contribution is -2.18. The van der Waals surface area contributed by atoms with Crippen molar-refractivity contribution >= 4 is 23.7 Å². The number of hydrogen-bond donors (Lipinski definition) is 3. The minimum Gasteiger partial charge on any atom is -0.507 e. The van der Waals surface area contributed by atoms with Gasteiger partial charge in [0.25, 0.3) is 11.8 Å². The molecule has 0 saturated heterocycles. The molecule has 0 aliphatic carbocycles. The highest BCUT2D eigenvalue weighted by molar-refractivity contribution is 6.05. The van der Waals surface area contributed by atoms with Crippen molar-refractivity contribution in [3.8, 4) is 11.5 Å². The molecule has 3 aromatic rings. The first-order valence-corrected chi connectivity index (χ1v) is 9.15. The van der Waals surface area contributed by atoms with Crippen LogP contribution in [0.25, 0.3) is 0 Å². The van der Waals surface area contributed by atoms with Crippen LogP contribution < -0.4 is 15.5 Å². The van der Waals surface area contributed by atoms with E-state index in [2.05, 4.69) is 15.8 Å². The average molecular weight is 403 g/mol. The SMILES string of the molecule is COc1ccc(O)c(/C=N/NC(=O)c2ccc(NC(=O)c3ccccc3C)cc2)c1. The van der Waals surface area contributed by atoms with Crippen molar-refractivity contribution in [3.63, 3.8) is 0 Å². The van der Waals surface area contributed by atoms with Crippen molar-refractivity contribution < 1.29 is 19.4 Å². The van der Waals surface area contributed by atoms with Gasteiger partial charge < -0.3 is 15.2 Å². The summed E-state index contributed by atoms with van der Waals surface area (Å²) >= 11 is 0. The molecular formula is C23H21N3O4. The summed E-state index contributed by atoms with van der Waals surface area (Å²) < 4.78 is 5.09. The molecule has 0 aliphatic rings. The third-order valence-corrected chi connectivity index (χ3v) is 4.40. The third kappa shape index (κ3) is 5.02. The Morgan fingerprint density at radius 3 is 2.43 bits per heavy atom. The molecule has 0 unspecified atom stereocenters. The minimum atomic E-state index is -0.426. The first kappa shape index (κ1) is 20.6. The van der Waals surface area contributed by atoms with Gasteiger partial charge in [-0.1, -0.05) is 18.2 Å². The second-order valence-electron chi connectivity index (χ2n) is 6.47. The molecule has 3 aromatic carbocycles. The molecule has 0 aliphatic heterocycles. The maximum absolute atomic E-state index is 12.4. The van der Waals surface area contributed by atoms with E-state index in [9.17, 15) is 14.7 Å². The summed E-state index contributed by atoms with van der Waals surface area (Å²) in [6.45, 7) is 1.87.